The molecule has 1 atom stereocenters. The van der Waals surface area contributed by atoms with Crippen LogP contribution in [0.5, 0.6) is 0 Å². The average molecular weight is 211 g/mol. The molecule has 0 spiro atoms. The van der Waals surface area contributed by atoms with E-state index in [1.807, 2.05) is 13.8 Å². The van der Waals surface area contributed by atoms with Gasteiger partial charge in [-0.1, -0.05) is 13.8 Å². The molecule has 0 aromatic carbocycles. The summed E-state index contributed by atoms with van der Waals surface area (Å²) in [5, 5.41) is 2.66. The van der Waals surface area contributed by atoms with Gasteiger partial charge in [0.15, 0.2) is 0 Å². The molecule has 2 nitrogen and oxygen atoms in total. The number of rotatable bonds is 2. The minimum Gasteiger partial charge on any atom is -0.378 e. The highest BCUT2D eigenvalue weighted by Gasteiger charge is 2.46. The van der Waals surface area contributed by atoms with Crippen molar-refractivity contribution in [2.75, 3.05) is 13.2 Å². The molecule has 1 N–H and O–H groups in total. The Bertz CT molecular complexity index is 189. The summed E-state index contributed by atoms with van der Waals surface area (Å²) in [5.41, 5.74) is -0.502. The molecule has 14 heavy (non-hydrogen) atoms. The molecule has 0 bridgehead atoms. The fraction of sp³-hybridized carbons (Fsp3) is 1.00. The second-order valence-corrected chi connectivity index (χ2v) is 3.74. The van der Waals surface area contributed by atoms with Gasteiger partial charge in [0.2, 0.25) is 0 Å². The van der Waals surface area contributed by atoms with Crippen LogP contribution in [0.4, 0.5) is 13.2 Å². The van der Waals surface area contributed by atoms with E-state index in [-0.39, 0.29) is 6.61 Å². The molecule has 0 aromatic heterocycles. The van der Waals surface area contributed by atoms with Crippen LogP contribution in [0.2, 0.25) is 0 Å². The Morgan fingerprint density at radius 3 is 2.36 bits per heavy atom. The predicted molar refractivity (Wildman–Crippen MR) is 47.1 cm³/mol. The van der Waals surface area contributed by atoms with Crippen molar-refractivity contribution in [2.24, 2.45) is 0 Å². The van der Waals surface area contributed by atoms with Gasteiger partial charge in [0, 0.05) is 5.54 Å². The Hall–Kier alpha value is -0.290. The molecule has 1 rings (SSSR count). The van der Waals surface area contributed by atoms with Crippen molar-refractivity contribution in [3.8, 4) is 0 Å². The lowest BCUT2D eigenvalue weighted by molar-refractivity contribution is -0.190. The van der Waals surface area contributed by atoms with Crippen LogP contribution in [0, 0.1) is 0 Å². The van der Waals surface area contributed by atoms with Crippen LogP contribution < -0.4 is 5.32 Å². The van der Waals surface area contributed by atoms with E-state index in [1.165, 1.54) is 0 Å². The molecule has 1 aliphatic heterocycles. The maximum absolute atomic E-state index is 12.4. The number of nitrogens with one attached hydrogen (secondary N) is 1. The lowest BCUT2D eigenvalue weighted by Crippen LogP contribution is -2.62. The highest BCUT2D eigenvalue weighted by molar-refractivity contribution is 4.94. The van der Waals surface area contributed by atoms with Crippen molar-refractivity contribution in [3.05, 3.63) is 0 Å². The van der Waals surface area contributed by atoms with E-state index in [2.05, 4.69) is 5.32 Å². The first-order chi connectivity index (χ1) is 6.43. The molecule has 0 radical (unpaired) electrons. The van der Waals surface area contributed by atoms with E-state index in [1.54, 1.807) is 0 Å². The number of ether oxygens (including phenoxy) is 1. The molecule has 0 aromatic rings. The smallest absolute Gasteiger partial charge is 0.378 e. The molecular weight excluding hydrogens is 195 g/mol. The first kappa shape index (κ1) is 11.8. The largest absolute Gasteiger partial charge is 0.406 e. The normalized spacial score (nSPS) is 27.6. The van der Waals surface area contributed by atoms with Gasteiger partial charge in [-0.25, -0.2) is 0 Å². The Morgan fingerprint density at radius 2 is 1.93 bits per heavy atom. The zero-order valence-corrected chi connectivity index (χ0v) is 8.45. The van der Waals surface area contributed by atoms with E-state index in [0.717, 1.165) is 0 Å². The van der Waals surface area contributed by atoms with Crippen molar-refractivity contribution in [1.82, 2.24) is 5.32 Å². The first-order valence-electron chi connectivity index (χ1n) is 4.85. The number of alkyl halides is 3. The topological polar surface area (TPSA) is 21.3 Å². The molecule has 1 aliphatic rings. The number of hydrogen-bond acceptors (Lipinski definition) is 2. The standard InChI is InChI=1S/C9H16F3NO/c1-3-8(4-2)6-14-5-7(13-8)9(10,11)12/h7,13H,3-6H2,1-2H3. The summed E-state index contributed by atoms with van der Waals surface area (Å²) >= 11 is 0. The number of hydrogen-bond donors (Lipinski definition) is 1. The van der Waals surface area contributed by atoms with E-state index < -0.39 is 17.8 Å². The van der Waals surface area contributed by atoms with Gasteiger partial charge < -0.3 is 4.74 Å². The van der Waals surface area contributed by atoms with Crippen LogP contribution >= 0.6 is 0 Å². The summed E-state index contributed by atoms with van der Waals surface area (Å²) in [5.74, 6) is 0. The highest BCUT2D eigenvalue weighted by Crippen LogP contribution is 2.28. The van der Waals surface area contributed by atoms with E-state index >= 15 is 0 Å². The third-order valence-electron chi connectivity index (χ3n) is 2.89. The quantitative estimate of drug-likeness (QED) is 0.755. The fourth-order valence-electron chi connectivity index (χ4n) is 1.66. The first-order valence-corrected chi connectivity index (χ1v) is 4.85. The lowest BCUT2D eigenvalue weighted by atomic mass is 9.91. The van der Waals surface area contributed by atoms with Gasteiger partial charge in [0.05, 0.1) is 13.2 Å². The van der Waals surface area contributed by atoms with E-state index in [0.29, 0.717) is 19.4 Å². The number of morpholine rings is 1. The van der Waals surface area contributed by atoms with Gasteiger partial charge in [0.1, 0.15) is 6.04 Å². The van der Waals surface area contributed by atoms with Crippen molar-refractivity contribution in [1.29, 1.82) is 0 Å². The minimum absolute atomic E-state index is 0.273. The molecule has 0 amide bonds. The van der Waals surface area contributed by atoms with Crippen LogP contribution in [-0.4, -0.2) is 31.0 Å². The van der Waals surface area contributed by atoms with Crippen molar-refractivity contribution in [3.63, 3.8) is 0 Å². The summed E-state index contributed by atoms with van der Waals surface area (Å²) in [6.07, 6.45) is -2.91. The zero-order valence-electron chi connectivity index (χ0n) is 8.45. The van der Waals surface area contributed by atoms with Crippen LogP contribution in [0.15, 0.2) is 0 Å². The molecule has 1 unspecified atom stereocenters. The zero-order chi connectivity index (χ0) is 10.8. The molecule has 0 aliphatic carbocycles. The summed E-state index contributed by atoms with van der Waals surface area (Å²) in [4.78, 5) is 0. The molecule has 1 fully saturated rings. The second kappa shape index (κ2) is 4.06. The molecule has 0 saturated carbocycles. The molecule has 5 heteroatoms. The van der Waals surface area contributed by atoms with Crippen LogP contribution in [0.1, 0.15) is 26.7 Å². The van der Waals surface area contributed by atoms with Gasteiger partial charge in [-0.2, -0.15) is 13.2 Å². The SMILES string of the molecule is CCC1(CC)COCC(C(F)(F)F)N1. The summed E-state index contributed by atoms with van der Waals surface area (Å²) in [6.45, 7) is 3.84. The van der Waals surface area contributed by atoms with Gasteiger partial charge in [-0.15, -0.1) is 0 Å². The van der Waals surface area contributed by atoms with Crippen molar-refractivity contribution >= 4 is 0 Å². The van der Waals surface area contributed by atoms with Gasteiger partial charge in [0.25, 0.3) is 0 Å². The van der Waals surface area contributed by atoms with Gasteiger partial charge in [-0.05, 0) is 12.8 Å². The summed E-state index contributed by atoms with van der Waals surface area (Å²) < 4.78 is 42.3. The Balaban J connectivity index is 2.68. The van der Waals surface area contributed by atoms with Gasteiger partial charge in [-0.3, -0.25) is 5.32 Å². The molecule has 84 valence electrons. The van der Waals surface area contributed by atoms with Crippen molar-refractivity contribution in [2.45, 2.75) is 44.4 Å². The Kier molecular flexibility index (Phi) is 3.42. The van der Waals surface area contributed by atoms with Crippen LogP contribution in [0.3, 0.4) is 0 Å². The third-order valence-corrected chi connectivity index (χ3v) is 2.89. The monoisotopic (exact) mass is 211 g/mol. The summed E-state index contributed by atoms with van der Waals surface area (Å²) in [7, 11) is 0. The third kappa shape index (κ3) is 2.39. The average Bonchev–Trinajstić information content (AvgIpc) is 2.16. The lowest BCUT2D eigenvalue weighted by Gasteiger charge is -2.41. The van der Waals surface area contributed by atoms with E-state index in [4.69, 9.17) is 4.74 Å². The molecule has 1 saturated heterocycles. The predicted octanol–water partition coefficient (Wildman–Crippen LogP) is 2.10. The highest BCUT2D eigenvalue weighted by atomic mass is 19.4. The van der Waals surface area contributed by atoms with Gasteiger partial charge >= 0.3 is 6.18 Å². The maximum atomic E-state index is 12.4. The maximum Gasteiger partial charge on any atom is 0.406 e. The molecule has 1 heterocycles. The fourth-order valence-corrected chi connectivity index (χ4v) is 1.66. The summed E-state index contributed by atoms with van der Waals surface area (Å²) in [6, 6.07) is -1.52. The van der Waals surface area contributed by atoms with E-state index in [9.17, 15) is 13.2 Å². The second-order valence-electron chi connectivity index (χ2n) is 3.74. The Morgan fingerprint density at radius 1 is 1.36 bits per heavy atom. The van der Waals surface area contributed by atoms with Crippen LogP contribution in [-0.2, 0) is 4.74 Å². The van der Waals surface area contributed by atoms with Crippen LogP contribution in [0.25, 0.3) is 0 Å². The number of halogens is 3. The molecular formula is C9H16F3NO. The van der Waals surface area contributed by atoms with Crippen molar-refractivity contribution < 1.29 is 17.9 Å². The minimum atomic E-state index is -4.21. The Labute approximate surface area is 81.8 Å².